The third kappa shape index (κ3) is 3.47. The van der Waals surface area contributed by atoms with Crippen LogP contribution in [0.2, 0.25) is 0 Å². The van der Waals surface area contributed by atoms with Gasteiger partial charge in [-0.25, -0.2) is 8.78 Å². The predicted octanol–water partition coefficient (Wildman–Crippen LogP) is 2.60. The Morgan fingerprint density at radius 2 is 2.04 bits per heavy atom. The molecule has 0 aliphatic carbocycles. The molecule has 2 aromatic rings. The fourth-order valence-corrected chi connectivity index (χ4v) is 3.14. The number of hydrogen-bond acceptors (Lipinski definition) is 3. The number of amides is 2. The van der Waals surface area contributed by atoms with Crippen LogP contribution in [0, 0.1) is 11.6 Å². The molecule has 2 heterocycles. The van der Waals surface area contributed by atoms with Crippen molar-refractivity contribution >= 4 is 17.4 Å². The van der Waals surface area contributed by atoms with Gasteiger partial charge in [-0.05, 0) is 25.1 Å². The first-order valence-electron chi connectivity index (χ1n) is 8.55. The maximum absolute atomic E-state index is 13.6. The van der Waals surface area contributed by atoms with E-state index in [9.17, 15) is 18.4 Å². The Bertz CT molecular complexity index is 934. The minimum absolute atomic E-state index is 0.000106. The second-order valence-corrected chi connectivity index (χ2v) is 7.01. The molecule has 1 aliphatic rings. The molecule has 3 rings (SSSR count). The van der Waals surface area contributed by atoms with Gasteiger partial charge in [0.1, 0.15) is 0 Å². The van der Waals surface area contributed by atoms with Crippen LogP contribution in [0.25, 0.3) is 5.57 Å². The first kappa shape index (κ1) is 18.8. The van der Waals surface area contributed by atoms with Gasteiger partial charge in [-0.2, -0.15) is 5.10 Å². The van der Waals surface area contributed by atoms with Crippen molar-refractivity contribution < 1.29 is 18.4 Å². The van der Waals surface area contributed by atoms with E-state index in [1.807, 2.05) is 13.8 Å². The lowest BCUT2D eigenvalue weighted by Gasteiger charge is -2.28. The standard InChI is InChI=1S/C19H20F2N4O2/c1-4-22-17(26)13-9-25(10-19(2,3)16-12(13)8-23-24-16)18(27)11-5-6-14(20)15(21)7-11/h5-9H,4,10H2,1-3H3,(H,22,26)(H,23,24). The number of halogens is 2. The van der Waals surface area contributed by atoms with Gasteiger partial charge in [0, 0.05) is 35.8 Å². The molecule has 6 nitrogen and oxygen atoms in total. The van der Waals surface area contributed by atoms with Crippen LogP contribution in [-0.2, 0) is 10.2 Å². The molecule has 0 bridgehead atoms. The topological polar surface area (TPSA) is 78.1 Å². The maximum atomic E-state index is 13.6. The van der Waals surface area contributed by atoms with Gasteiger partial charge < -0.3 is 10.2 Å². The zero-order valence-electron chi connectivity index (χ0n) is 15.3. The highest BCUT2D eigenvalue weighted by atomic mass is 19.2. The molecule has 0 fully saturated rings. The van der Waals surface area contributed by atoms with Crippen LogP contribution in [0.4, 0.5) is 8.78 Å². The summed E-state index contributed by atoms with van der Waals surface area (Å²) < 4.78 is 26.8. The van der Waals surface area contributed by atoms with Crippen molar-refractivity contribution in [1.82, 2.24) is 20.4 Å². The van der Waals surface area contributed by atoms with Gasteiger partial charge in [0.25, 0.3) is 11.8 Å². The molecule has 2 amide bonds. The first-order valence-corrected chi connectivity index (χ1v) is 8.55. The average molecular weight is 374 g/mol. The van der Waals surface area contributed by atoms with Crippen LogP contribution in [0.3, 0.4) is 0 Å². The normalized spacial score (nSPS) is 15.6. The lowest BCUT2D eigenvalue weighted by atomic mass is 9.86. The number of aromatic nitrogens is 2. The fourth-order valence-electron chi connectivity index (χ4n) is 3.14. The molecular formula is C19H20F2N4O2. The highest BCUT2D eigenvalue weighted by Crippen LogP contribution is 2.34. The van der Waals surface area contributed by atoms with Gasteiger partial charge in [-0.15, -0.1) is 0 Å². The summed E-state index contributed by atoms with van der Waals surface area (Å²) in [5.41, 5.74) is 1.05. The first-order chi connectivity index (χ1) is 12.7. The van der Waals surface area contributed by atoms with E-state index in [2.05, 4.69) is 15.5 Å². The minimum Gasteiger partial charge on any atom is -0.352 e. The summed E-state index contributed by atoms with van der Waals surface area (Å²) in [5.74, 6) is -3.00. The molecule has 0 saturated heterocycles. The third-order valence-electron chi connectivity index (χ3n) is 4.47. The third-order valence-corrected chi connectivity index (χ3v) is 4.47. The maximum Gasteiger partial charge on any atom is 0.257 e. The van der Waals surface area contributed by atoms with Crippen molar-refractivity contribution in [2.24, 2.45) is 0 Å². The number of fused-ring (bicyclic) bond motifs is 1. The molecule has 1 aromatic carbocycles. The second-order valence-electron chi connectivity index (χ2n) is 7.01. The van der Waals surface area contributed by atoms with Crippen LogP contribution in [-0.4, -0.2) is 40.0 Å². The number of carbonyl (C=O) groups is 2. The number of H-pyrrole nitrogens is 1. The summed E-state index contributed by atoms with van der Waals surface area (Å²) in [5, 5.41) is 9.68. The largest absolute Gasteiger partial charge is 0.352 e. The van der Waals surface area contributed by atoms with Crippen molar-refractivity contribution in [1.29, 1.82) is 0 Å². The smallest absolute Gasteiger partial charge is 0.257 e. The predicted molar refractivity (Wildman–Crippen MR) is 95.7 cm³/mol. The number of benzene rings is 1. The summed E-state index contributed by atoms with van der Waals surface area (Å²) in [6.07, 6.45) is 2.99. The Kier molecular flexibility index (Phi) is 4.82. The van der Waals surface area contributed by atoms with Crippen LogP contribution < -0.4 is 5.32 Å². The van der Waals surface area contributed by atoms with Gasteiger partial charge >= 0.3 is 0 Å². The number of rotatable bonds is 3. The van der Waals surface area contributed by atoms with Gasteiger partial charge in [0.05, 0.1) is 17.5 Å². The Morgan fingerprint density at radius 1 is 1.30 bits per heavy atom. The summed E-state index contributed by atoms with van der Waals surface area (Å²) in [6.45, 7) is 6.25. The second kappa shape index (κ2) is 6.94. The van der Waals surface area contributed by atoms with Crippen molar-refractivity contribution in [3.05, 3.63) is 59.1 Å². The van der Waals surface area contributed by atoms with E-state index >= 15 is 0 Å². The lowest BCUT2D eigenvalue weighted by molar-refractivity contribution is -0.115. The fraction of sp³-hybridized carbons (Fsp3) is 0.316. The Hall–Kier alpha value is -3.03. The number of aromatic amines is 1. The highest BCUT2D eigenvalue weighted by molar-refractivity contribution is 6.20. The number of nitrogens with one attached hydrogen (secondary N) is 2. The molecule has 1 aromatic heterocycles. The summed E-state index contributed by atoms with van der Waals surface area (Å²) in [4.78, 5) is 26.8. The van der Waals surface area contributed by atoms with Gasteiger partial charge in [-0.1, -0.05) is 13.8 Å². The van der Waals surface area contributed by atoms with E-state index in [0.717, 1.165) is 17.8 Å². The molecule has 0 atom stereocenters. The molecule has 0 saturated carbocycles. The van der Waals surface area contributed by atoms with Gasteiger partial charge in [0.15, 0.2) is 11.6 Å². The quantitative estimate of drug-likeness (QED) is 0.867. The Balaban J connectivity index is 2.08. The van der Waals surface area contributed by atoms with E-state index in [1.54, 1.807) is 13.1 Å². The van der Waals surface area contributed by atoms with Crippen LogP contribution in [0.5, 0.6) is 0 Å². The van der Waals surface area contributed by atoms with Crippen molar-refractivity contribution in [2.75, 3.05) is 13.1 Å². The number of hydrogen-bond donors (Lipinski definition) is 2. The average Bonchev–Trinajstić information content (AvgIpc) is 3.07. The van der Waals surface area contributed by atoms with Crippen LogP contribution in [0.15, 0.2) is 30.6 Å². The molecule has 0 radical (unpaired) electrons. The molecule has 27 heavy (non-hydrogen) atoms. The molecule has 8 heteroatoms. The van der Waals surface area contributed by atoms with Crippen LogP contribution in [0.1, 0.15) is 42.4 Å². The van der Waals surface area contributed by atoms with Crippen molar-refractivity contribution in [3.63, 3.8) is 0 Å². The zero-order chi connectivity index (χ0) is 19.8. The van der Waals surface area contributed by atoms with E-state index in [-0.39, 0.29) is 23.6 Å². The zero-order valence-corrected chi connectivity index (χ0v) is 15.3. The number of likely N-dealkylation sites (N-methyl/N-ethyl adjacent to an activating group) is 1. The molecule has 1 aliphatic heterocycles. The highest BCUT2D eigenvalue weighted by Gasteiger charge is 2.35. The van der Waals surface area contributed by atoms with E-state index in [1.165, 1.54) is 17.2 Å². The Morgan fingerprint density at radius 3 is 2.70 bits per heavy atom. The summed E-state index contributed by atoms with van der Waals surface area (Å²) >= 11 is 0. The monoisotopic (exact) mass is 374 g/mol. The van der Waals surface area contributed by atoms with Crippen molar-refractivity contribution in [2.45, 2.75) is 26.2 Å². The van der Waals surface area contributed by atoms with E-state index in [4.69, 9.17) is 0 Å². The molecular weight excluding hydrogens is 354 g/mol. The summed E-state index contributed by atoms with van der Waals surface area (Å²) in [7, 11) is 0. The number of carbonyl (C=O) groups excluding carboxylic acids is 2. The SMILES string of the molecule is CCNC(=O)C1=CN(C(=O)c2ccc(F)c(F)c2)CC(C)(C)c2[nH]ncc21. The molecule has 0 spiro atoms. The van der Waals surface area contributed by atoms with Crippen LogP contribution >= 0.6 is 0 Å². The van der Waals surface area contributed by atoms with Gasteiger partial charge in [-0.3, -0.25) is 14.7 Å². The molecule has 2 N–H and O–H groups in total. The van der Waals surface area contributed by atoms with Crippen molar-refractivity contribution in [3.8, 4) is 0 Å². The molecule has 0 unspecified atom stereocenters. The minimum atomic E-state index is -1.10. The molecule has 142 valence electrons. The summed E-state index contributed by atoms with van der Waals surface area (Å²) in [6, 6.07) is 2.99. The Labute approximate surface area is 155 Å². The van der Waals surface area contributed by atoms with Gasteiger partial charge in [0.2, 0.25) is 0 Å². The van der Waals surface area contributed by atoms with E-state index in [0.29, 0.717) is 12.1 Å². The number of nitrogens with zero attached hydrogens (tertiary/aromatic N) is 2. The lowest BCUT2D eigenvalue weighted by Crippen LogP contribution is -2.37. The van der Waals surface area contributed by atoms with E-state index < -0.39 is 23.0 Å².